The van der Waals surface area contributed by atoms with Crippen molar-refractivity contribution in [2.75, 3.05) is 13.1 Å². The number of hydrogen-bond acceptors (Lipinski definition) is 4. The van der Waals surface area contributed by atoms with Gasteiger partial charge in [-0.15, -0.1) is 0 Å². The van der Waals surface area contributed by atoms with Crippen LogP contribution in [0.15, 0.2) is 41.1 Å². The molecule has 1 amide bonds. The molecule has 0 aliphatic carbocycles. The molecule has 2 aromatic heterocycles. The minimum Gasteiger partial charge on any atom is -0.356 e. The van der Waals surface area contributed by atoms with Crippen LogP contribution in [0, 0.1) is 0 Å². The Balaban J connectivity index is 1.39. The SMILES string of the molecule is Cn1ccc(C2CCN(C(=O)Cc3noc4ccccc34)CC2)n1. The summed E-state index contributed by atoms with van der Waals surface area (Å²) < 4.78 is 7.12. The van der Waals surface area contributed by atoms with Crippen LogP contribution in [0.2, 0.25) is 0 Å². The zero-order valence-corrected chi connectivity index (χ0v) is 13.7. The molecule has 1 aliphatic heterocycles. The van der Waals surface area contributed by atoms with Gasteiger partial charge in [0.1, 0.15) is 5.69 Å². The van der Waals surface area contributed by atoms with Gasteiger partial charge in [-0.25, -0.2) is 0 Å². The Morgan fingerprint density at radius 3 is 2.79 bits per heavy atom. The number of para-hydroxylation sites is 1. The maximum atomic E-state index is 12.6. The zero-order valence-electron chi connectivity index (χ0n) is 13.7. The van der Waals surface area contributed by atoms with E-state index >= 15 is 0 Å². The normalized spacial score (nSPS) is 16.0. The molecule has 1 fully saturated rings. The van der Waals surface area contributed by atoms with Gasteiger partial charge in [-0.1, -0.05) is 17.3 Å². The van der Waals surface area contributed by atoms with Crippen molar-refractivity contribution in [2.24, 2.45) is 7.05 Å². The summed E-state index contributed by atoms with van der Waals surface area (Å²) in [5.41, 5.74) is 2.59. The van der Waals surface area contributed by atoms with Gasteiger partial charge >= 0.3 is 0 Å². The average molecular weight is 324 g/mol. The van der Waals surface area contributed by atoms with Gasteiger partial charge in [0.05, 0.1) is 12.1 Å². The standard InChI is InChI=1S/C18H20N4O2/c1-21-9-8-15(19-21)13-6-10-22(11-7-13)18(23)12-16-14-4-2-3-5-17(14)24-20-16/h2-5,8-9,13H,6-7,10-12H2,1H3. The number of carbonyl (C=O) groups excluding carboxylic acids is 1. The van der Waals surface area contributed by atoms with Crippen LogP contribution in [-0.4, -0.2) is 38.8 Å². The molecule has 6 nitrogen and oxygen atoms in total. The molecule has 1 aliphatic rings. The van der Waals surface area contributed by atoms with E-state index in [4.69, 9.17) is 4.52 Å². The van der Waals surface area contributed by atoms with Gasteiger partial charge in [-0.05, 0) is 31.0 Å². The number of nitrogens with zero attached hydrogens (tertiary/aromatic N) is 4. The van der Waals surface area contributed by atoms with E-state index in [-0.39, 0.29) is 5.91 Å². The lowest BCUT2D eigenvalue weighted by Crippen LogP contribution is -2.38. The Morgan fingerprint density at radius 2 is 2.04 bits per heavy atom. The molecule has 124 valence electrons. The first-order valence-corrected chi connectivity index (χ1v) is 8.31. The molecule has 24 heavy (non-hydrogen) atoms. The highest BCUT2D eigenvalue weighted by Crippen LogP contribution is 2.27. The van der Waals surface area contributed by atoms with Crippen LogP contribution in [0.4, 0.5) is 0 Å². The highest BCUT2D eigenvalue weighted by atomic mass is 16.5. The lowest BCUT2D eigenvalue weighted by Gasteiger charge is -2.31. The Kier molecular flexibility index (Phi) is 3.80. The van der Waals surface area contributed by atoms with Crippen LogP contribution in [0.1, 0.15) is 30.1 Å². The second kappa shape index (κ2) is 6.11. The first-order valence-electron chi connectivity index (χ1n) is 8.31. The molecular formula is C18H20N4O2. The summed E-state index contributed by atoms with van der Waals surface area (Å²) >= 11 is 0. The van der Waals surface area contributed by atoms with Gasteiger partial charge in [0.2, 0.25) is 5.91 Å². The molecule has 0 unspecified atom stereocenters. The third-order valence-corrected chi connectivity index (χ3v) is 4.77. The Labute approximate surface area is 140 Å². The van der Waals surface area contributed by atoms with Crippen molar-refractivity contribution < 1.29 is 9.32 Å². The van der Waals surface area contributed by atoms with Crippen molar-refractivity contribution in [3.8, 4) is 0 Å². The van der Waals surface area contributed by atoms with E-state index in [0.717, 1.165) is 48.3 Å². The summed E-state index contributed by atoms with van der Waals surface area (Å²) in [6.45, 7) is 1.55. The number of rotatable bonds is 3. The van der Waals surface area contributed by atoms with Crippen molar-refractivity contribution in [3.05, 3.63) is 47.9 Å². The number of carbonyl (C=O) groups is 1. The monoisotopic (exact) mass is 324 g/mol. The van der Waals surface area contributed by atoms with Crippen molar-refractivity contribution in [3.63, 3.8) is 0 Å². The van der Waals surface area contributed by atoms with Crippen LogP contribution in [-0.2, 0) is 18.3 Å². The van der Waals surface area contributed by atoms with Gasteiger partial charge in [0, 0.05) is 37.6 Å². The maximum absolute atomic E-state index is 12.6. The molecule has 4 rings (SSSR count). The van der Waals surface area contributed by atoms with Gasteiger partial charge in [0.15, 0.2) is 5.58 Å². The second-order valence-corrected chi connectivity index (χ2v) is 6.37. The van der Waals surface area contributed by atoms with Crippen molar-refractivity contribution in [1.82, 2.24) is 19.8 Å². The minimum atomic E-state index is 0.119. The first-order chi connectivity index (χ1) is 11.7. The summed E-state index contributed by atoms with van der Waals surface area (Å²) in [4.78, 5) is 14.5. The minimum absolute atomic E-state index is 0.119. The van der Waals surface area contributed by atoms with Gasteiger partial charge in [-0.3, -0.25) is 9.48 Å². The number of benzene rings is 1. The topological polar surface area (TPSA) is 64.2 Å². The van der Waals surface area contributed by atoms with Crippen LogP contribution in [0.3, 0.4) is 0 Å². The number of piperidine rings is 1. The predicted octanol–water partition coefficient (Wildman–Crippen LogP) is 2.51. The van der Waals surface area contributed by atoms with Crippen LogP contribution >= 0.6 is 0 Å². The van der Waals surface area contributed by atoms with Crippen LogP contribution in [0.25, 0.3) is 11.0 Å². The second-order valence-electron chi connectivity index (χ2n) is 6.37. The fourth-order valence-corrected chi connectivity index (χ4v) is 3.40. The highest BCUT2D eigenvalue weighted by Gasteiger charge is 2.26. The molecular weight excluding hydrogens is 304 g/mol. The van der Waals surface area contributed by atoms with Gasteiger partial charge < -0.3 is 9.42 Å². The lowest BCUT2D eigenvalue weighted by molar-refractivity contribution is -0.131. The van der Waals surface area contributed by atoms with Crippen LogP contribution in [0.5, 0.6) is 0 Å². The first kappa shape index (κ1) is 14.9. The molecule has 0 atom stereocenters. The third-order valence-electron chi connectivity index (χ3n) is 4.77. The molecule has 0 N–H and O–H groups in total. The Morgan fingerprint density at radius 1 is 1.25 bits per heavy atom. The number of amides is 1. The number of fused-ring (bicyclic) bond motifs is 1. The van der Waals surface area contributed by atoms with Crippen molar-refractivity contribution >= 4 is 16.9 Å². The number of likely N-dealkylation sites (tertiary alicyclic amines) is 1. The summed E-state index contributed by atoms with van der Waals surface area (Å²) in [5.74, 6) is 0.566. The zero-order chi connectivity index (χ0) is 16.5. The molecule has 0 saturated carbocycles. The average Bonchev–Trinajstić information content (AvgIpc) is 3.22. The largest absolute Gasteiger partial charge is 0.356 e. The third kappa shape index (κ3) is 2.79. The summed E-state index contributed by atoms with van der Waals surface area (Å²) in [5, 5.41) is 9.48. The molecule has 0 bridgehead atoms. The highest BCUT2D eigenvalue weighted by molar-refractivity contribution is 5.86. The molecule has 0 spiro atoms. The number of aryl methyl sites for hydroxylation is 1. The summed E-state index contributed by atoms with van der Waals surface area (Å²) in [6.07, 6.45) is 4.19. The molecule has 3 aromatic rings. The van der Waals surface area contributed by atoms with E-state index in [1.54, 1.807) is 0 Å². The lowest BCUT2D eigenvalue weighted by atomic mass is 9.93. The van der Waals surface area contributed by atoms with E-state index in [2.05, 4.69) is 16.3 Å². The van der Waals surface area contributed by atoms with E-state index in [9.17, 15) is 4.79 Å². The maximum Gasteiger partial charge on any atom is 0.228 e. The Hall–Kier alpha value is -2.63. The predicted molar refractivity (Wildman–Crippen MR) is 89.5 cm³/mol. The molecule has 1 aromatic carbocycles. The van der Waals surface area contributed by atoms with E-state index < -0.39 is 0 Å². The van der Waals surface area contributed by atoms with Gasteiger partial charge in [-0.2, -0.15) is 5.10 Å². The summed E-state index contributed by atoms with van der Waals surface area (Å²) in [6, 6.07) is 9.73. The fourth-order valence-electron chi connectivity index (χ4n) is 3.40. The fraction of sp³-hybridized carbons (Fsp3) is 0.389. The van der Waals surface area contributed by atoms with E-state index in [0.29, 0.717) is 12.3 Å². The molecule has 6 heteroatoms. The van der Waals surface area contributed by atoms with Crippen LogP contribution < -0.4 is 0 Å². The van der Waals surface area contributed by atoms with E-state index in [1.807, 2.05) is 47.1 Å². The van der Waals surface area contributed by atoms with Gasteiger partial charge in [0.25, 0.3) is 0 Å². The smallest absolute Gasteiger partial charge is 0.228 e. The molecule has 0 radical (unpaired) electrons. The Bertz CT molecular complexity index is 859. The number of aromatic nitrogens is 3. The van der Waals surface area contributed by atoms with Crippen molar-refractivity contribution in [1.29, 1.82) is 0 Å². The number of hydrogen-bond donors (Lipinski definition) is 0. The molecule has 1 saturated heterocycles. The molecule has 3 heterocycles. The van der Waals surface area contributed by atoms with E-state index in [1.165, 1.54) is 0 Å². The van der Waals surface area contributed by atoms with Crippen molar-refractivity contribution in [2.45, 2.75) is 25.2 Å². The quantitative estimate of drug-likeness (QED) is 0.742. The summed E-state index contributed by atoms with van der Waals surface area (Å²) in [7, 11) is 1.93.